The summed E-state index contributed by atoms with van der Waals surface area (Å²) >= 11 is 6.19. The number of amides is 1. The molecule has 26 heavy (non-hydrogen) atoms. The Balaban J connectivity index is 2.03. The molecule has 0 unspecified atom stereocenters. The number of aromatic nitrogens is 1. The van der Waals surface area contributed by atoms with Crippen LogP contribution in [-0.2, 0) is 11.3 Å². The third-order valence-corrected chi connectivity index (χ3v) is 4.72. The zero-order valence-corrected chi connectivity index (χ0v) is 15.6. The lowest BCUT2D eigenvalue weighted by atomic mass is 10.1. The molecule has 2 aromatic carbocycles. The Morgan fingerprint density at radius 2 is 1.92 bits per heavy atom. The topological polar surface area (TPSA) is 60.3 Å². The molecule has 0 bridgehead atoms. The number of rotatable bonds is 4. The summed E-state index contributed by atoms with van der Waals surface area (Å²) in [5.74, 6) is -0.763. The average molecular weight is 371 g/mol. The van der Waals surface area contributed by atoms with Crippen LogP contribution in [0.25, 0.3) is 10.9 Å². The molecule has 1 aromatic heterocycles. The standard InChI is InChI=1S/C20H19ClN2O3/c1-4-23-17-8-6-5-7-14(17)12(2)18(23)19(24)22-16-11-13(20(25)26-3)9-10-15(16)21/h5-11H,4H2,1-3H3,(H,22,24). The maximum atomic E-state index is 13.0. The lowest BCUT2D eigenvalue weighted by Crippen LogP contribution is -2.18. The van der Waals surface area contributed by atoms with Crippen LogP contribution in [0.5, 0.6) is 0 Å². The van der Waals surface area contributed by atoms with Gasteiger partial charge in [0.25, 0.3) is 5.91 Å². The van der Waals surface area contributed by atoms with Crippen molar-refractivity contribution >= 4 is 40.1 Å². The van der Waals surface area contributed by atoms with E-state index in [4.69, 9.17) is 16.3 Å². The minimum absolute atomic E-state index is 0.274. The highest BCUT2D eigenvalue weighted by atomic mass is 35.5. The smallest absolute Gasteiger partial charge is 0.337 e. The van der Waals surface area contributed by atoms with Crippen LogP contribution in [0.3, 0.4) is 0 Å². The SMILES string of the molecule is CCn1c(C(=O)Nc2cc(C(=O)OC)ccc2Cl)c(C)c2ccccc21. The number of anilines is 1. The number of benzene rings is 2. The summed E-state index contributed by atoms with van der Waals surface area (Å²) < 4.78 is 6.69. The van der Waals surface area contributed by atoms with Gasteiger partial charge in [0.2, 0.25) is 0 Å². The number of hydrogen-bond donors (Lipinski definition) is 1. The van der Waals surface area contributed by atoms with Gasteiger partial charge in [0.15, 0.2) is 0 Å². The third kappa shape index (κ3) is 3.06. The van der Waals surface area contributed by atoms with Crippen LogP contribution < -0.4 is 5.32 Å². The molecule has 0 aliphatic heterocycles. The molecule has 5 nitrogen and oxygen atoms in total. The van der Waals surface area contributed by atoms with E-state index in [0.29, 0.717) is 28.5 Å². The highest BCUT2D eigenvalue weighted by molar-refractivity contribution is 6.34. The van der Waals surface area contributed by atoms with Crippen LogP contribution in [0.15, 0.2) is 42.5 Å². The Labute approximate surface area is 156 Å². The molecule has 1 amide bonds. The van der Waals surface area contributed by atoms with Crippen molar-refractivity contribution in [2.75, 3.05) is 12.4 Å². The van der Waals surface area contributed by atoms with E-state index in [0.717, 1.165) is 16.5 Å². The fraction of sp³-hybridized carbons (Fsp3) is 0.200. The molecule has 0 radical (unpaired) electrons. The van der Waals surface area contributed by atoms with Crippen molar-refractivity contribution in [1.82, 2.24) is 4.57 Å². The van der Waals surface area contributed by atoms with Crippen molar-refractivity contribution < 1.29 is 14.3 Å². The second-order valence-corrected chi connectivity index (χ2v) is 6.28. The normalized spacial score (nSPS) is 10.8. The highest BCUT2D eigenvalue weighted by Gasteiger charge is 2.20. The molecule has 3 aromatic rings. The van der Waals surface area contributed by atoms with Crippen LogP contribution in [0, 0.1) is 6.92 Å². The zero-order chi connectivity index (χ0) is 18.8. The van der Waals surface area contributed by atoms with Crippen molar-refractivity contribution in [2.45, 2.75) is 20.4 Å². The second-order valence-electron chi connectivity index (χ2n) is 5.88. The monoisotopic (exact) mass is 370 g/mol. The van der Waals surface area contributed by atoms with Gasteiger partial charge in [0.05, 0.1) is 23.4 Å². The van der Waals surface area contributed by atoms with Gasteiger partial charge in [-0.25, -0.2) is 4.79 Å². The molecular formula is C20H19ClN2O3. The first-order valence-electron chi connectivity index (χ1n) is 8.25. The first-order chi connectivity index (χ1) is 12.5. The summed E-state index contributed by atoms with van der Waals surface area (Å²) in [6, 6.07) is 12.5. The number of halogens is 1. The maximum Gasteiger partial charge on any atom is 0.337 e. The molecule has 1 N–H and O–H groups in total. The summed E-state index contributed by atoms with van der Waals surface area (Å²) in [5, 5.41) is 4.21. The predicted octanol–water partition coefficient (Wildman–Crippen LogP) is 4.66. The summed E-state index contributed by atoms with van der Waals surface area (Å²) in [7, 11) is 1.30. The minimum Gasteiger partial charge on any atom is -0.465 e. The molecule has 0 aliphatic rings. The van der Waals surface area contributed by atoms with Gasteiger partial charge in [0.1, 0.15) is 5.69 Å². The first kappa shape index (κ1) is 18.0. The number of ether oxygens (including phenoxy) is 1. The molecule has 0 fully saturated rings. The van der Waals surface area contributed by atoms with Gasteiger partial charge in [-0.3, -0.25) is 4.79 Å². The van der Waals surface area contributed by atoms with Crippen molar-refractivity contribution in [2.24, 2.45) is 0 Å². The van der Waals surface area contributed by atoms with Crippen molar-refractivity contribution in [1.29, 1.82) is 0 Å². The number of hydrogen-bond acceptors (Lipinski definition) is 3. The predicted molar refractivity (Wildman–Crippen MR) is 103 cm³/mol. The molecule has 0 spiro atoms. The molecule has 0 atom stereocenters. The highest BCUT2D eigenvalue weighted by Crippen LogP contribution is 2.28. The van der Waals surface area contributed by atoms with E-state index >= 15 is 0 Å². The number of methoxy groups -OCH3 is 1. The number of para-hydroxylation sites is 1. The molecule has 0 saturated heterocycles. The van der Waals surface area contributed by atoms with Crippen LogP contribution >= 0.6 is 11.6 Å². The van der Waals surface area contributed by atoms with Gasteiger partial charge in [-0.15, -0.1) is 0 Å². The van der Waals surface area contributed by atoms with Gasteiger partial charge < -0.3 is 14.6 Å². The number of esters is 1. The van der Waals surface area contributed by atoms with Gasteiger partial charge in [-0.2, -0.15) is 0 Å². The van der Waals surface area contributed by atoms with E-state index < -0.39 is 5.97 Å². The summed E-state index contributed by atoms with van der Waals surface area (Å²) in [4.78, 5) is 24.7. The second kappa shape index (κ2) is 7.22. The number of aryl methyl sites for hydroxylation is 2. The molecule has 3 rings (SSSR count). The number of nitrogens with zero attached hydrogens (tertiary/aromatic N) is 1. The van der Waals surface area contributed by atoms with Gasteiger partial charge in [0, 0.05) is 17.4 Å². The van der Waals surface area contributed by atoms with E-state index in [9.17, 15) is 9.59 Å². The average Bonchev–Trinajstić information content (AvgIpc) is 2.95. The third-order valence-electron chi connectivity index (χ3n) is 4.39. The summed E-state index contributed by atoms with van der Waals surface area (Å²) in [6.07, 6.45) is 0. The van der Waals surface area contributed by atoms with E-state index in [1.807, 2.05) is 42.7 Å². The van der Waals surface area contributed by atoms with Crippen LogP contribution in [0.2, 0.25) is 5.02 Å². The molecular weight excluding hydrogens is 352 g/mol. The van der Waals surface area contributed by atoms with Crippen LogP contribution in [0.4, 0.5) is 5.69 Å². The van der Waals surface area contributed by atoms with E-state index in [1.165, 1.54) is 13.2 Å². The van der Waals surface area contributed by atoms with Crippen LogP contribution in [-0.4, -0.2) is 23.6 Å². The van der Waals surface area contributed by atoms with E-state index in [-0.39, 0.29) is 5.91 Å². The number of nitrogens with one attached hydrogen (secondary N) is 1. The van der Waals surface area contributed by atoms with Gasteiger partial charge in [-0.05, 0) is 43.7 Å². The quantitative estimate of drug-likeness (QED) is 0.679. The number of fused-ring (bicyclic) bond motifs is 1. The molecule has 0 saturated carbocycles. The summed E-state index contributed by atoms with van der Waals surface area (Å²) in [5.41, 5.74) is 3.17. The fourth-order valence-corrected chi connectivity index (χ4v) is 3.31. The minimum atomic E-state index is -0.490. The zero-order valence-electron chi connectivity index (χ0n) is 14.8. The van der Waals surface area contributed by atoms with Crippen molar-refractivity contribution in [3.8, 4) is 0 Å². The Hall–Kier alpha value is -2.79. The Bertz CT molecular complexity index is 1010. The van der Waals surface area contributed by atoms with Gasteiger partial charge in [-0.1, -0.05) is 29.8 Å². The summed E-state index contributed by atoms with van der Waals surface area (Å²) in [6.45, 7) is 4.58. The van der Waals surface area contributed by atoms with E-state index in [2.05, 4.69) is 5.32 Å². The van der Waals surface area contributed by atoms with Crippen molar-refractivity contribution in [3.05, 3.63) is 64.3 Å². The first-order valence-corrected chi connectivity index (χ1v) is 8.62. The lowest BCUT2D eigenvalue weighted by Gasteiger charge is -2.12. The molecule has 1 heterocycles. The van der Waals surface area contributed by atoms with Gasteiger partial charge >= 0.3 is 5.97 Å². The van der Waals surface area contributed by atoms with Crippen LogP contribution in [0.1, 0.15) is 33.3 Å². The maximum absolute atomic E-state index is 13.0. The Kier molecular flexibility index (Phi) is 5.00. The number of carbonyl (C=O) groups is 2. The largest absolute Gasteiger partial charge is 0.465 e. The Morgan fingerprint density at radius 3 is 2.62 bits per heavy atom. The number of carbonyl (C=O) groups excluding carboxylic acids is 2. The molecule has 6 heteroatoms. The lowest BCUT2D eigenvalue weighted by molar-refractivity contribution is 0.0600. The van der Waals surface area contributed by atoms with E-state index in [1.54, 1.807) is 12.1 Å². The molecule has 134 valence electrons. The fourth-order valence-electron chi connectivity index (χ4n) is 3.15. The Morgan fingerprint density at radius 1 is 1.19 bits per heavy atom. The van der Waals surface area contributed by atoms with Crippen molar-refractivity contribution in [3.63, 3.8) is 0 Å². The molecule has 0 aliphatic carbocycles.